The summed E-state index contributed by atoms with van der Waals surface area (Å²) in [5.74, 6) is 1.44. The number of fused-ring (bicyclic) bond motifs is 1. The highest BCUT2D eigenvalue weighted by Crippen LogP contribution is 2.41. The highest BCUT2D eigenvalue weighted by atomic mass is 35.5. The molecule has 4 heterocycles. The number of hydrogen-bond acceptors (Lipinski definition) is 8. The largest absolute Gasteiger partial charge is 0.454 e. The molecule has 2 fully saturated rings. The van der Waals surface area contributed by atoms with Crippen molar-refractivity contribution in [2.45, 2.75) is 35.7 Å². The van der Waals surface area contributed by atoms with E-state index in [1.165, 1.54) is 6.07 Å². The molecule has 10 nitrogen and oxygen atoms in total. The van der Waals surface area contributed by atoms with Crippen molar-refractivity contribution >= 4 is 27.3 Å². The van der Waals surface area contributed by atoms with Gasteiger partial charge >= 0.3 is 0 Å². The average Bonchev–Trinajstić information content (AvgIpc) is 3.72. The van der Waals surface area contributed by atoms with E-state index in [9.17, 15) is 8.42 Å². The van der Waals surface area contributed by atoms with Crippen LogP contribution < -0.4 is 19.5 Å². The van der Waals surface area contributed by atoms with Crippen LogP contribution in [0.2, 0.25) is 5.02 Å². The van der Waals surface area contributed by atoms with Gasteiger partial charge in [-0.1, -0.05) is 17.7 Å². The molecule has 3 aliphatic heterocycles. The number of halogens is 1. The molecule has 0 amide bonds. The zero-order valence-electron chi connectivity index (χ0n) is 22.3. The fourth-order valence-electron chi connectivity index (χ4n) is 5.81. The minimum absolute atomic E-state index is 0.0164. The Morgan fingerprint density at radius 3 is 2.70 bits per heavy atom. The van der Waals surface area contributed by atoms with Crippen LogP contribution >= 0.6 is 11.6 Å². The van der Waals surface area contributed by atoms with Crippen LogP contribution in [0.25, 0.3) is 0 Å². The summed E-state index contributed by atoms with van der Waals surface area (Å²) in [6, 6.07) is 12.8. The van der Waals surface area contributed by atoms with E-state index in [4.69, 9.17) is 30.5 Å². The van der Waals surface area contributed by atoms with Crippen LogP contribution in [0.1, 0.15) is 36.6 Å². The third-order valence-electron chi connectivity index (χ3n) is 8.19. The molecule has 2 atom stereocenters. The molecule has 2 N–H and O–H groups in total. The van der Waals surface area contributed by atoms with Gasteiger partial charge in [0.05, 0.1) is 11.4 Å². The molecule has 2 saturated heterocycles. The van der Waals surface area contributed by atoms with Gasteiger partial charge in [-0.2, -0.15) is 5.10 Å². The molecule has 214 valence electrons. The number of aryl methyl sites for hydroxylation is 1. The molecule has 0 spiro atoms. The number of sulfonamides is 1. The molecule has 12 heteroatoms. The Balaban J connectivity index is 1.21. The van der Waals surface area contributed by atoms with E-state index >= 15 is 0 Å². The van der Waals surface area contributed by atoms with Gasteiger partial charge in [-0.15, -0.1) is 0 Å². The van der Waals surface area contributed by atoms with E-state index in [1.807, 2.05) is 25.2 Å². The molecule has 2 aromatic carbocycles. The number of ether oxygens (including phenoxy) is 4. The van der Waals surface area contributed by atoms with Crippen molar-refractivity contribution in [3.05, 3.63) is 64.9 Å². The second-order valence-corrected chi connectivity index (χ2v) is 12.7. The second-order valence-electron chi connectivity index (χ2n) is 10.5. The first-order chi connectivity index (χ1) is 19.3. The third kappa shape index (κ3) is 5.40. The summed E-state index contributed by atoms with van der Waals surface area (Å²) in [5.41, 5.74) is 2.25. The number of rotatable bonds is 9. The third-order valence-corrected chi connectivity index (χ3v) is 9.88. The molecule has 1 aromatic heterocycles. The van der Waals surface area contributed by atoms with Gasteiger partial charge in [-0.25, -0.2) is 13.1 Å². The normalized spacial score (nSPS) is 21.9. The summed E-state index contributed by atoms with van der Waals surface area (Å²) in [4.78, 5) is 0.115. The Kier molecular flexibility index (Phi) is 7.66. The van der Waals surface area contributed by atoms with Gasteiger partial charge in [0.1, 0.15) is 11.0 Å². The van der Waals surface area contributed by atoms with E-state index in [0.717, 1.165) is 42.0 Å². The van der Waals surface area contributed by atoms with Gasteiger partial charge in [0.15, 0.2) is 11.5 Å². The van der Waals surface area contributed by atoms with Crippen LogP contribution in [0.4, 0.5) is 5.69 Å². The summed E-state index contributed by atoms with van der Waals surface area (Å²) in [6.45, 7) is 2.76. The first-order valence-corrected chi connectivity index (χ1v) is 15.3. The van der Waals surface area contributed by atoms with Gasteiger partial charge in [0.25, 0.3) is 0 Å². The van der Waals surface area contributed by atoms with Crippen molar-refractivity contribution < 1.29 is 27.4 Å². The lowest BCUT2D eigenvalue weighted by molar-refractivity contribution is 0.0543. The zero-order chi connectivity index (χ0) is 27.7. The number of aromatic nitrogens is 2. The standard InChI is InChI=1S/C28H33ClN4O6S/c1-33-23(6-10-31-33)27-19(7-11-37-27)16-32-40(34,35)26-15-21(29)3-4-22(26)30-17-28(8-12-36-13-9-28)20-2-5-24-25(14-20)39-18-38-24/h2-6,10,14-15,19,27,30,32H,7-9,11-13,16-18H2,1H3/t19-,27+/m0/s1. The Morgan fingerprint density at radius 1 is 1.07 bits per heavy atom. The van der Waals surface area contributed by atoms with Gasteiger partial charge in [-0.3, -0.25) is 4.68 Å². The summed E-state index contributed by atoms with van der Waals surface area (Å²) in [7, 11) is -2.03. The van der Waals surface area contributed by atoms with Crippen molar-refractivity contribution in [1.29, 1.82) is 0 Å². The molecular formula is C28H33ClN4O6S. The molecule has 3 aromatic rings. The van der Waals surface area contributed by atoms with E-state index in [1.54, 1.807) is 23.0 Å². The van der Waals surface area contributed by atoms with Crippen molar-refractivity contribution in [1.82, 2.24) is 14.5 Å². The lowest BCUT2D eigenvalue weighted by Crippen LogP contribution is -2.40. The Labute approximate surface area is 238 Å². The highest BCUT2D eigenvalue weighted by molar-refractivity contribution is 7.89. The fourth-order valence-corrected chi connectivity index (χ4v) is 7.35. The summed E-state index contributed by atoms with van der Waals surface area (Å²) < 4.78 is 54.6. The van der Waals surface area contributed by atoms with E-state index in [-0.39, 0.29) is 35.7 Å². The van der Waals surface area contributed by atoms with Gasteiger partial charge < -0.3 is 24.3 Å². The number of benzene rings is 2. The van der Waals surface area contributed by atoms with Crippen LogP contribution in [0.15, 0.2) is 53.6 Å². The maximum atomic E-state index is 13.6. The summed E-state index contributed by atoms with van der Waals surface area (Å²) >= 11 is 6.29. The number of nitrogens with one attached hydrogen (secondary N) is 2. The van der Waals surface area contributed by atoms with Crippen molar-refractivity contribution in [3.63, 3.8) is 0 Å². The van der Waals surface area contributed by atoms with Crippen LogP contribution in [0.5, 0.6) is 11.5 Å². The number of nitrogens with zero attached hydrogens (tertiary/aromatic N) is 2. The molecule has 6 rings (SSSR count). The molecular weight excluding hydrogens is 556 g/mol. The number of anilines is 1. The first-order valence-electron chi connectivity index (χ1n) is 13.5. The van der Waals surface area contributed by atoms with Crippen molar-refractivity contribution in [3.8, 4) is 11.5 Å². The van der Waals surface area contributed by atoms with Gasteiger partial charge in [0.2, 0.25) is 16.8 Å². The fraction of sp³-hybridized carbons (Fsp3) is 0.464. The molecule has 0 radical (unpaired) electrons. The van der Waals surface area contributed by atoms with Crippen molar-refractivity contribution in [2.24, 2.45) is 13.0 Å². The maximum absolute atomic E-state index is 13.6. The van der Waals surface area contributed by atoms with Crippen LogP contribution in [0.3, 0.4) is 0 Å². The average molecular weight is 589 g/mol. The monoisotopic (exact) mass is 588 g/mol. The highest BCUT2D eigenvalue weighted by Gasteiger charge is 2.37. The van der Waals surface area contributed by atoms with Gasteiger partial charge in [0, 0.05) is 62.5 Å². The minimum Gasteiger partial charge on any atom is -0.454 e. The summed E-state index contributed by atoms with van der Waals surface area (Å²) in [5, 5.41) is 8.03. The molecule has 0 bridgehead atoms. The summed E-state index contributed by atoms with van der Waals surface area (Å²) in [6.07, 6.45) is 3.81. The first kappa shape index (κ1) is 27.3. The van der Waals surface area contributed by atoms with Crippen LogP contribution in [0, 0.1) is 5.92 Å². The Hall–Kier alpha value is -2.83. The van der Waals surface area contributed by atoms with E-state index in [0.29, 0.717) is 37.1 Å². The molecule has 3 aliphatic rings. The van der Waals surface area contributed by atoms with Crippen LogP contribution in [-0.4, -0.2) is 57.9 Å². The molecule has 0 aliphatic carbocycles. The quantitative estimate of drug-likeness (QED) is 0.385. The molecule has 0 unspecified atom stereocenters. The lowest BCUT2D eigenvalue weighted by atomic mass is 9.74. The van der Waals surface area contributed by atoms with E-state index < -0.39 is 10.0 Å². The molecule has 40 heavy (non-hydrogen) atoms. The zero-order valence-corrected chi connectivity index (χ0v) is 23.8. The van der Waals surface area contributed by atoms with E-state index in [2.05, 4.69) is 21.2 Å². The van der Waals surface area contributed by atoms with Crippen molar-refractivity contribution in [2.75, 3.05) is 45.0 Å². The smallest absolute Gasteiger partial charge is 0.242 e. The lowest BCUT2D eigenvalue weighted by Gasteiger charge is -2.38. The predicted molar refractivity (Wildman–Crippen MR) is 149 cm³/mol. The maximum Gasteiger partial charge on any atom is 0.242 e. The predicted octanol–water partition coefficient (Wildman–Crippen LogP) is 4.02. The Morgan fingerprint density at radius 2 is 1.90 bits per heavy atom. The number of hydrogen-bond donors (Lipinski definition) is 2. The van der Waals surface area contributed by atoms with Gasteiger partial charge in [-0.05, 0) is 61.2 Å². The van der Waals surface area contributed by atoms with Crippen LogP contribution in [-0.2, 0) is 32.0 Å². The Bertz CT molecular complexity index is 1470. The topological polar surface area (TPSA) is 113 Å². The second kappa shape index (κ2) is 11.2. The molecule has 0 saturated carbocycles. The SMILES string of the molecule is Cn1nccc1[C@@H]1OCC[C@H]1CNS(=O)(=O)c1cc(Cl)ccc1NCC1(c2ccc3c(c2)OCO3)CCOCC1. The minimum atomic E-state index is -3.88.